The fraction of sp³-hybridized carbons (Fsp3) is 0.736. The van der Waals surface area contributed by atoms with Crippen molar-refractivity contribution in [3.8, 4) is 0 Å². The Morgan fingerprint density at radius 2 is 1.26 bits per heavy atom. The molecule has 4 aliphatic rings. The van der Waals surface area contributed by atoms with Crippen molar-refractivity contribution in [2.45, 2.75) is 228 Å². The lowest BCUT2D eigenvalue weighted by Gasteiger charge is -2.45. The molecule has 0 aliphatic carbocycles. The summed E-state index contributed by atoms with van der Waals surface area (Å²) < 4.78 is 36.0. The van der Waals surface area contributed by atoms with Crippen molar-refractivity contribution in [2.24, 2.45) is 29.2 Å². The molecule has 3 fully saturated rings. The second-order valence-electron chi connectivity index (χ2n) is 20.5. The Kier molecular flexibility index (Phi) is 26.0. The number of aliphatic hydroxyl groups is 10. The number of cyclic esters (lactones) is 1. The largest absolute Gasteiger partial charge is 0.462 e. The first-order valence-electron chi connectivity index (χ1n) is 25.9. The van der Waals surface area contributed by atoms with Gasteiger partial charge < -0.3 is 91.0 Å². The number of hydrogen-bond acceptors (Lipinski definition) is 19. The van der Waals surface area contributed by atoms with Crippen LogP contribution in [-0.4, -0.2) is 179 Å². The van der Waals surface area contributed by atoms with Gasteiger partial charge in [-0.15, -0.1) is 0 Å². The molecule has 4 heterocycles. The molecule has 4 rings (SSSR count). The van der Waals surface area contributed by atoms with Gasteiger partial charge in [0.15, 0.2) is 18.4 Å². The summed E-state index contributed by atoms with van der Waals surface area (Å²) in [6.45, 7) is 8.72. The predicted octanol–water partition coefficient (Wildman–Crippen LogP) is 1.25. The number of carbonyl (C=O) groups excluding carboxylic acids is 2. The lowest BCUT2D eigenvalue weighted by Crippen LogP contribution is -2.61. The van der Waals surface area contributed by atoms with Gasteiger partial charge in [0.25, 0.3) is 0 Å². The van der Waals surface area contributed by atoms with Crippen LogP contribution in [0.2, 0.25) is 0 Å². The van der Waals surface area contributed by atoms with Crippen molar-refractivity contribution in [1.82, 2.24) is 0 Å². The van der Waals surface area contributed by atoms with Crippen LogP contribution in [-0.2, 0) is 38.0 Å². The Morgan fingerprint density at radius 1 is 0.658 bits per heavy atom. The highest BCUT2D eigenvalue weighted by atomic mass is 16.7. The summed E-state index contributed by atoms with van der Waals surface area (Å²) >= 11 is 0. The highest BCUT2D eigenvalue weighted by Crippen LogP contribution is 2.38. The fourth-order valence-corrected chi connectivity index (χ4v) is 9.72. The topological polar surface area (TPSA) is 344 Å². The normalized spacial score (nSPS) is 45.9. The Morgan fingerprint density at radius 3 is 1.93 bits per heavy atom. The molecular formula is C53H86N2O18. The number of rotatable bonds is 5. The number of fused-ring (bicyclic) bond motifs is 2. The summed E-state index contributed by atoms with van der Waals surface area (Å²) in [4.78, 5) is 25.8. The summed E-state index contributed by atoms with van der Waals surface area (Å²) in [6, 6.07) is -1.11. The van der Waals surface area contributed by atoms with E-state index in [0.29, 0.717) is 0 Å². The van der Waals surface area contributed by atoms with E-state index in [1.165, 1.54) is 0 Å². The summed E-state index contributed by atoms with van der Waals surface area (Å²) in [5.41, 5.74) is 11.8. The average Bonchev–Trinajstić information content (AvgIpc) is 3.29. The highest BCUT2D eigenvalue weighted by Gasteiger charge is 2.50. The molecule has 73 heavy (non-hydrogen) atoms. The third-order valence-corrected chi connectivity index (χ3v) is 14.1. The molecular weight excluding hydrogens is 953 g/mol. The van der Waals surface area contributed by atoms with Crippen molar-refractivity contribution in [3.63, 3.8) is 0 Å². The first-order valence-corrected chi connectivity index (χ1v) is 25.9. The van der Waals surface area contributed by atoms with E-state index in [4.69, 9.17) is 39.9 Å². The van der Waals surface area contributed by atoms with Crippen molar-refractivity contribution in [1.29, 1.82) is 0 Å². The first kappa shape index (κ1) is 62.3. The van der Waals surface area contributed by atoms with Crippen molar-refractivity contribution in [2.75, 3.05) is 0 Å². The van der Waals surface area contributed by atoms with E-state index in [-0.39, 0.29) is 50.9 Å². The van der Waals surface area contributed by atoms with E-state index in [2.05, 4.69) is 0 Å². The number of aliphatic hydroxyl groups excluding tert-OH is 9. The Hall–Kier alpha value is -3.26. The van der Waals surface area contributed by atoms with E-state index >= 15 is 0 Å². The Bertz CT molecular complexity index is 1840. The van der Waals surface area contributed by atoms with Gasteiger partial charge in [-0.25, -0.2) is 0 Å². The van der Waals surface area contributed by atoms with E-state index in [1.54, 1.807) is 51.2 Å². The fourth-order valence-electron chi connectivity index (χ4n) is 9.72. The number of carbonyl (C=O) groups is 2. The second kappa shape index (κ2) is 30.5. The number of amides is 1. The third-order valence-electron chi connectivity index (χ3n) is 14.1. The summed E-state index contributed by atoms with van der Waals surface area (Å²) in [6.07, 6.45) is 3.89. The zero-order valence-corrected chi connectivity index (χ0v) is 42.9. The van der Waals surface area contributed by atoms with Gasteiger partial charge in [-0.05, 0) is 65.7 Å². The van der Waals surface area contributed by atoms with Gasteiger partial charge in [-0.3, -0.25) is 9.59 Å². The van der Waals surface area contributed by atoms with Crippen LogP contribution in [0.4, 0.5) is 0 Å². The second-order valence-corrected chi connectivity index (χ2v) is 20.5. The van der Waals surface area contributed by atoms with Gasteiger partial charge in [0.2, 0.25) is 5.91 Å². The van der Waals surface area contributed by atoms with Crippen LogP contribution in [0.5, 0.6) is 0 Å². The van der Waals surface area contributed by atoms with E-state index < -0.39 is 159 Å². The maximum Gasteiger partial charge on any atom is 0.308 e. The van der Waals surface area contributed by atoms with Crippen LogP contribution in [0, 0.1) is 17.8 Å². The standard InChI is InChI=1S/C53H86N2O18/c1-30-19-16-14-12-10-8-6-7-9-11-13-15-17-22-39(71-52-49(65)46(54)48(64)34(5)70-52)26-42-45(51(55)66)41(61)29-53(67,73-42)28-36(57)21-18-20-35(56)23-37(58)24-38(59)25-43(62)68-32(3)31(2)50(30)72-44-27-40(60)47(63)33(4)69-44/h6-7,9,11-17,19,22,30-42,44-50,52,56-61,63-65,67H,8,10,18,20-21,23-29,54H2,1-5H3,(H2,55,66)/b7-6+,11-9+,14-12+,15-13+,19-16+,22-17+/t30-,31-,32-,33-,34+,35+,36-,37+,38+,39-,40+,41-,42-,44?,45+,46-,47-,48+,49-,50+,52-,53+/m0/s1. The lowest BCUT2D eigenvalue weighted by atomic mass is 9.82. The molecule has 0 saturated carbocycles. The zero-order chi connectivity index (χ0) is 54.0. The molecule has 416 valence electrons. The molecule has 3 saturated heterocycles. The van der Waals surface area contributed by atoms with Crippen molar-refractivity contribution < 1.29 is 89.1 Å². The maximum atomic E-state index is 13.1. The predicted molar refractivity (Wildman–Crippen MR) is 267 cm³/mol. The molecule has 14 N–H and O–H groups in total. The van der Waals surface area contributed by atoms with Crippen LogP contribution in [0.15, 0.2) is 72.9 Å². The molecule has 1 amide bonds. The third kappa shape index (κ3) is 20.3. The average molecular weight is 1040 g/mol. The Balaban J connectivity index is 1.53. The van der Waals surface area contributed by atoms with Gasteiger partial charge in [0.1, 0.15) is 18.3 Å². The molecule has 2 bridgehead atoms. The lowest BCUT2D eigenvalue weighted by molar-refractivity contribution is -0.306. The molecule has 0 spiro atoms. The molecule has 1 unspecified atom stereocenters. The van der Waals surface area contributed by atoms with Gasteiger partial charge in [0.05, 0.1) is 91.6 Å². The molecule has 22 atom stereocenters. The molecule has 0 aromatic heterocycles. The van der Waals surface area contributed by atoms with Crippen LogP contribution >= 0.6 is 0 Å². The SMILES string of the molecule is C[C@@H]1[C@H](OC2C[C@@H](O)[C@@H](O)[C@H](C)O2)[C@@H](C)/C=C/C=C/CC/C=C/C=C/C=C/C=C/[C@H](O[C@@H]2O[C@H](C)[C@@H](O)[C@H](N)[C@@H]2O)C[C@@H]2O[C@](O)(C[C@@H](O)CCC[C@@H](O)C[C@@H](O)C[C@@H](O)CC(=O)O[C@H]1C)C[C@H](O)[C@H]2C(N)=O. The van der Waals surface area contributed by atoms with Gasteiger partial charge in [-0.1, -0.05) is 86.8 Å². The monoisotopic (exact) mass is 1040 g/mol. The minimum Gasteiger partial charge on any atom is -0.462 e. The van der Waals surface area contributed by atoms with Crippen molar-refractivity contribution in [3.05, 3.63) is 72.9 Å². The summed E-state index contributed by atoms with van der Waals surface area (Å²) in [5, 5.41) is 108. The van der Waals surface area contributed by atoms with Gasteiger partial charge in [-0.2, -0.15) is 0 Å². The molecule has 4 aliphatic heterocycles. The Labute approximate surface area is 429 Å². The number of nitrogens with two attached hydrogens (primary N) is 2. The van der Waals surface area contributed by atoms with Gasteiger partial charge >= 0.3 is 5.97 Å². The minimum absolute atomic E-state index is 0.0373. The van der Waals surface area contributed by atoms with Gasteiger partial charge in [0, 0.05) is 37.5 Å². The number of primary amides is 1. The minimum atomic E-state index is -2.14. The smallest absolute Gasteiger partial charge is 0.308 e. The summed E-state index contributed by atoms with van der Waals surface area (Å²) in [5.74, 6) is -5.71. The molecule has 0 aromatic rings. The molecule has 20 nitrogen and oxygen atoms in total. The number of esters is 1. The molecule has 0 radical (unpaired) electrons. The number of hydrogen-bond donors (Lipinski definition) is 12. The van der Waals surface area contributed by atoms with E-state index in [1.807, 2.05) is 56.4 Å². The number of allylic oxidation sites excluding steroid dienone is 10. The van der Waals surface area contributed by atoms with Crippen LogP contribution in [0.3, 0.4) is 0 Å². The number of ether oxygens (including phenoxy) is 6. The molecule has 20 heteroatoms. The van der Waals surface area contributed by atoms with Crippen LogP contribution in [0.1, 0.15) is 112 Å². The first-order chi connectivity index (χ1) is 34.5. The van der Waals surface area contributed by atoms with E-state index in [0.717, 1.165) is 12.8 Å². The molecule has 0 aromatic carbocycles. The van der Waals surface area contributed by atoms with Crippen molar-refractivity contribution >= 4 is 11.9 Å². The maximum absolute atomic E-state index is 13.1. The van der Waals surface area contributed by atoms with E-state index in [9.17, 15) is 60.7 Å². The zero-order valence-electron chi connectivity index (χ0n) is 42.9. The highest BCUT2D eigenvalue weighted by molar-refractivity contribution is 5.78. The summed E-state index contributed by atoms with van der Waals surface area (Å²) in [7, 11) is 0. The van der Waals surface area contributed by atoms with Crippen LogP contribution < -0.4 is 11.5 Å². The van der Waals surface area contributed by atoms with Crippen LogP contribution in [0.25, 0.3) is 0 Å². The quantitative estimate of drug-likeness (QED) is 0.172.